The number of nitrogens with zero attached hydrogens (tertiary/aromatic N) is 1. The molecule has 31 heavy (non-hydrogen) atoms. The Kier molecular flexibility index (Phi) is 6.74. The monoisotopic (exact) mass is 452 g/mol. The van der Waals surface area contributed by atoms with Crippen LogP contribution in [0.4, 0.5) is 8.78 Å². The third-order valence-corrected chi connectivity index (χ3v) is 5.06. The van der Waals surface area contributed by atoms with Crippen LogP contribution in [-0.4, -0.2) is 40.4 Å². The number of aliphatic carboxylic acids is 1. The number of rotatable bonds is 6. The zero-order valence-electron chi connectivity index (χ0n) is 16.4. The van der Waals surface area contributed by atoms with Gasteiger partial charge in [0.1, 0.15) is 30.0 Å². The number of carbonyl (C=O) groups is 3. The molecule has 0 aliphatic carbocycles. The fourth-order valence-electron chi connectivity index (χ4n) is 3.35. The van der Waals surface area contributed by atoms with Crippen LogP contribution in [0, 0.1) is 11.6 Å². The molecular weight excluding hydrogens is 434 g/mol. The molecule has 0 aromatic heterocycles. The van der Waals surface area contributed by atoms with E-state index in [2.05, 4.69) is 5.32 Å². The Balaban J connectivity index is 2.15. The normalized spacial score (nSPS) is 18.1. The standard InChI is InChI=1S/C21H19ClF2N2O5/c1-2-16-21(30)26(10-13-14(23)4-3-5-15(13)24)19(20(29)25-9-18(27)28)12-8-11(22)6-7-17(12)31-16/h3-8,16,19H,2,9-10H2,1H3,(H,25,29)(H,27,28). The molecule has 10 heteroatoms. The zero-order valence-corrected chi connectivity index (χ0v) is 17.2. The lowest BCUT2D eigenvalue weighted by Gasteiger charge is -2.30. The van der Waals surface area contributed by atoms with Crippen molar-refractivity contribution in [1.82, 2.24) is 10.2 Å². The Hall–Kier alpha value is -3.20. The van der Waals surface area contributed by atoms with Gasteiger partial charge in [0, 0.05) is 16.1 Å². The SMILES string of the molecule is CCC1Oc2ccc(Cl)cc2C(C(=O)NCC(=O)O)N(Cc2c(F)cccc2F)C1=O. The molecule has 2 amide bonds. The minimum atomic E-state index is -1.42. The van der Waals surface area contributed by atoms with Gasteiger partial charge in [-0.15, -0.1) is 0 Å². The number of carboxylic acids is 1. The number of carboxylic acid groups (broad SMARTS) is 1. The summed E-state index contributed by atoms with van der Waals surface area (Å²) in [6.45, 7) is 0.401. The second kappa shape index (κ2) is 9.30. The molecular formula is C21H19ClF2N2O5. The van der Waals surface area contributed by atoms with Gasteiger partial charge in [-0.25, -0.2) is 8.78 Å². The number of amides is 2. The van der Waals surface area contributed by atoms with E-state index in [0.717, 1.165) is 17.0 Å². The third-order valence-electron chi connectivity index (χ3n) is 4.83. The molecule has 1 aliphatic rings. The van der Waals surface area contributed by atoms with Crippen LogP contribution in [0.5, 0.6) is 5.75 Å². The second-order valence-electron chi connectivity index (χ2n) is 6.88. The van der Waals surface area contributed by atoms with E-state index in [1.807, 2.05) is 0 Å². The average Bonchev–Trinajstić information content (AvgIpc) is 2.83. The van der Waals surface area contributed by atoms with E-state index in [1.54, 1.807) is 6.92 Å². The predicted molar refractivity (Wildman–Crippen MR) is 106 cm³/mol. The minimum absolute atomic E-state index is 0.177. The first-order chi connectivity index (χ1) is 14.7. The van der Waals surface area contributed by atoms with Crippen molar-refractivity contribution in [2.45, 2.75) is 32.0 Å². The topological polar surface area (TPSA) is 95.9 Å². The molecule has 7 nitrogen and oxygen atoms in total. The molecule has 2 unspecified atom stereocenters. The Labute approximate surface area is 181 Å². The lowest BCUT2D eigenvalue weighted by Crippen LogP contribution is -2.47. The van der Waals surface area contributed by atoms with Gasteiger partial charge >= 0.3 is 5.97 Å². The summed E-state index contributed by atoms with van der Waals surface area (Å²) in [7, 11) is 0. The molecule has 2 aromatic rings. The Bertz CT molecular complexity index is 1010. The first-order valence-electron chi connectivity index (χ1n) is 9.41. The first-order valence-corrected chi connectivity index (χ1v) is 9.79. The summed E-state index contributed by atoms with van der Waals surface area (Å²) >= 11 is 6.09. The van der Waals surface area contributed by atoms with Crippen molar-refractivity contribution >= 4 is 29.4 Å². The summed E-state index contributed by atoms with van der Waals surface area (Å²) in [5.41, 5.74) is -0.233. The molecule has 164 valence electrons. The number of halogens is 3. The second-order valence-corrected chi connectivity index (χ2v) is 7.31. The van der Waals surface area contributed by atoms with E-state index in [1.165, 1.54) is 24.3 Å². The number of ether oxygens (including phenoxy) is 1. The molecule has 0 saturated heterocycles. The summed E-state index contributed by atoms with van der Waals surface area (Å²) in [6.07, 6.45) is -0.798. The van der Waals surface area contributed by atoms with Crippen molar-refractivity contribution in [3.63, 3.8) is 0 Å². The minimum Gasteiger partial charge on any atom is -0.480 e. The van der Waals surface area contributed by atoms with Crippen LogP contribution in [0.3, 0.4) is 0 Å². The fourth-order valence-corrected chi connectivity index (χ4v) is 3.53. The highest BCUT2D eigenvalue weighted by Gasteiger charge is 2.41. The van der Waals surface area contributed by atoms with E-state index in [-0.39, 0.29) is 22.8 Å². The van der Waals surface area contributed by atoms with E-state index in [0.29, 0.717) is 0 Å². The van der Waals surface area contributed by atoms with Crippen LogP contribution in [0.25, 0.3) is 0 Å². The molecule has 0 saturated carbocycles. The molecule has 0 fully saturated rings. The number of hydrogen-bond donors (Lipinski definition) is 2. The van der Waals surface area contributed by atoms with E-state index in [9.17, 15) is 23.2 Å². The lowest BCUT2D eigenvalue weighted by molar-refractivity contribution is -0.146. The summed E-state index contributed by atoms with van der Waals surface area (Å²) < 4.78 is 34.5. The van der Waals surface area contributed by atoms with E-state index < -0.39 is 60.2 Å². The van der Waals surface area contributed by atoms with Gasteiger partial charge in [-0.3, -0.25) is 14.4 Å². The Morgan fingerprint density at radius 3 is 2.52 bits per heavy atom. The van der Waals surface area contributed by atoms with E-state index in [4.69, 9.17) is 21.4 Å². The highest BCUT2D eigenvalue weighted by molar-refractivity contribution is 6.30. The molecule has 2 aromatic carbocycles. The maximum Gasteiger partial charge on any atom is 0.322 e. The van der Waals surface area contributed by atoms with Crippen molar-refractivity contribution in [2.75, 3.05) is 6.54 Å². The summed E-state index contributed by atoms with van der Waals surface area (Å²) in [5, 5.41) is 11.4. The fraction of sp³-hybridized carbons (Fsp3) is 0.286. The van der Waals surface area contributed by atoms with Crippen molar-refractivity contribution in [2.24, 2.45) is 0 Å². The van der Waals surface area contributed by atoms with Crippen LogP contribution in [0.2, 0.25) is 5.02 Å². The molecule has 0 radical (unpaired) electrons. The summed E-state index contributed by atoms with van der Waals surface area (Å²) in [6, 6.07) is 6.24. The molecule has 0 spiro atoms. The smallest absolute Gasteiger partial charge is 0.322 e. The van der Waals surface area contributed by atoms with Crippen molar-refractivity contribution in [3.8, 4) is 5.75 Å². The molecule has 2 N–H and O–H groups in total. The van der Waals surface area contributed by atoms with Gasteiger partial charge in [0.05, 0.1) is 6.54 Å². The molecule has 3 rings (SSSR count). The van der Waals surface area contributed by atoms with Gasteiger partial charge in [0.15, 0.2) is 6.10 Å². The van der Waals surface area contributed by atoms with Crippen LogP contribution < -0.4 is 10.1 Å². The van der Waals surface area contributed by atoms with Crippen molar-refractivity contribution in [1.29, 1.82) is 0 Å². The number of hydrogen-bond acceptors (Lipinski definition) is 4. The predicted octanol–water partition coefficient (Wildman–Crippen LogP) is 3.06. The maximum atomic E-state index is 14.3. The highest BCUT2D eigenvalue weighted by Crippen LogP contribution is 2.38. The molecule has 1 aliphatic heterocycles. The Morgan fingerprint density at radius 2 is 1.90 bits per heavy atom. The number of carbonyl (C=O) groups excluding carboxylic acids is 2. The zero-order chi connectivity index (χ0) is 22.7. The van der Waals surface area contributed by atoms with Crippen molar-refractivity contribution in [3.05, 3.63) is 64.2 Å². The van der Waals surface area contributed by atoms with Gasteiger partial charge in [-0.1, -0.05) is 24.6 Å². The van der Waals surface area contributed by atoms with Gasteiger partial charge in [-0.2, -0.15) is 0 Å². The van der Waals surface area contributed by atoms with Gasteiger partial charge in [0.2, 0.25) is 5.91 Å². The summed E-state index contributed by atoms with van der Waals surface area (Å²) in [5.74, 6) is -4.40. The summed E-state index contributed by atoms with van der Waals surface area (Å²) in [4.78, 5) is 38.1. The lowest BCUT2D eigenvalue weighted by atomic mass is 10.0. The van der Waals surface area contributed by atoms with Gasteiger partial charge in [0.25, 0.3) is 5.91 Å². The highest BCUT2D eigenvalue weighted by atomic mass is 35.5. The van der Waals surface area contributed by atoms with Gasteiger partial charge in [-0.05, 0) is 36.8 Å². The largest absolute Gasteiger partial charge is 0.480 e. The maximum absolute atomic E-state index is 14.3. The van der Waals surface area contributed by atoms with Crippen LogP contribution in [0.15, 0.2) is 36.4 Å². The van der Waals surface area contributed by atoms with Crippen LogP contribution in [-0.2, 0) is 20.9 Å². The van der Waals surface area contributed by atoms with E-state index >= 15 is 0 Å². The Morgan fingerprint density at radius 1 is 1.23 bits per heavy atom. The quantitative estimate of drug-likeness (QED) is 0.702. The average molecular weight is 453 g/mol. The first kappa shape index (κ1) is 22.5. The third kappa shape index (κ3) is 4.77. The number of fused-ring (bicyclic) bond motifs is 1. The van der Waals surface area contributed by atoms with Crippen LogP contribution in [0.1, 0.15) is 30.5 Å². The number of benzene rings is 2. The molecule has 1 heterocycles. The molecule has 0 bridgehead atoms. The van der Waals surface area contributed by atoms with Crippen LogP contribution >= 0.6 is 11.6 Å². The number of nitrogens with one attached hydrogen (secondary N) is 1. The van der Waals surface area contributed by atoms with Crippen molar-refractivity contribution < 1.29 is 33.0 Å². The molecule has 2 atom stereocenters. The van der Waals surface area contributed by atoms with Gasteiger partial charge < -0.3 is 20.1 Å².